The molecule has 2 aromatic rings. The van der Waals surface area contributed by atoms with E-state index in [-0.39, 0.29) is 0 Å². The number of benzene rings is 1. The second-order valence-corrected chi connectivity index (χ2v) is 10.0. The first-order valence-electron chi connectivity index (χ1n) is 12.9. The number of aromatic nitrogens is 1. The van der Waals surface area contributed by atoms with E-state index in [9.17, 15) is 0 Å². The standard InChI is InChI=1S/C29H41N/c1-3-5-6-8-22-9-12-24(13-10-22)25-14-16-26(17-15-25)28-20-18-27-21-23(7-4-2)11-19-29(27)30-28/h14-18,20,22-24H,3-13,19,21H2,1-2H3. The second kappa shape index (κ2) is 10.6. The Balaban J connectivity index is 1.35. The molecule has 1 heteroatoms. The molecule has 2 aliphatic rings. The van der Waals surface area contributed by atoms with Crippen molar-refractivity contribution in [1.82, 2.24) is 4.98 Å². The van der Waals surface area contributed by atoms with E-state index in [1.165, 1.54) is 93.9 Å². The molecule has 1 unspecified atom stereocenters. The molecule has 0 N–H and O–H groups in total. The van der Waals surface area contributed by atoms with Crippen LogP contribution in [0.25, 0.3) is 11.3 Å². The minimum atomic E-state index is 0.772. The van der Waals surface area contributed by atoms with Gasteiger partial charge in [-0.2, -0.15) is 0 Å². The summed E-state index contributed by atoms with van der Waals surface area (Å²) >= 11 is 0. The van der Waals surface area contributed by atoms with Crippen LogP contribution in [0.5, 0.6) is 0 Å². The molecule has 1 heterocycles. The van der Waals surface area contributed by atoms with Crippen LogP contribution in [0, 0.1) is 11.8 Å². The van der Waals surface area contributed by atoms with Crippen molar-refractivity contribution >= 4 is 0 Å². The van der Waals surface area contributed by atoms with Crippen molar-refractivity contribution in [2.75, 3.05) is 0 Å². The molecule has 4 rings (SSSR count). The summed E-state index contributed by atoms with van der Waals surface area (Å²) in [5, 5.41) is 0. The van der Waals surface area contributed by atoms with Crippen molar-refractivity contribution in [1.29, 1.82) is 0 Å². The maximum atomic E-state index is 5.07. The van der Waals surface area contributed by atoms with Crippen molar-refractivity contribution in [3.05, 3.63) is 53.2 Å². The average Bonchev–Trinajstić information content (AvgIpc) is 2.80. The van der Waals surface area contributed by atoms with Crippen LogP contribution in [0.3, 0.4) is 0 Å². The quantitative estimate of drug-likeness (QED) is 0.402. The largest absolute Gasteiger partial charge is 0.253 e. The van der Waals surface area contributed by atoms with Gasteiger partial charge in [0.25, 0.3) is 0 Å². The van der Waals surface area contributed by atoms with Gasteiger partial charge in [0.15, 0.2) is 0 Å². The molecule has 1 nitrogen and oxygen atoms in total. The van der Waals surface area contributed by atoms with E-state index in [2.05, 4.69) is 50.2 Å². The summed E-state index contributed by atoms with van der Waals surface area (Å²) in [5.74, 6) is 2.63. The molecule has 1 saturated carbocycles. The highest BCUT2D eigenvalue weighted by Crippen LogP contribution is 2.38. The topological polar surface area (TPSA) is 12.9 Å². The Hall–Kier alpha value is -1.63. The third-order valence-electron chi connectivity index (χ3n) is 7.80. The van der Waals surface area contributed by atoms with E-state index in [1.54, 1.807) is 5.56 Å². The molecule has 0 amide bonds. The van der Waals surface area contributed by atoms with Crippen LogP contribution in [0.2, 0.25) is 0 Å². The highest BCUT2D eigenvalue weighted by atomic mass is 14.7. The number of unbranched alkanes of at least 4 members (excludes halogenated alkanes) is 2. The molecule has 0 spiro atoms. The van der Waals surface area contributed by atoms with E-state index in [0.29, 0.717) is 0 Å². The van der Waals surface area contributed by atoms with Gasteiger partial charge in [-0.3, -0.25) is 4.98 Å². The molecular formula is C29H41N. The van der Waals surface area contributed by atoms with Crippen LogP contribution in [0.1, 0.15) is 107 Å². The lowest BCUT2D eigenvalue weighted by atomic mass is 9.77. The van der Waals surface area contributed by atoms with Crippen molar-refractivity contribution in [2.24, 2.45) is 11.8 Å². The summed E-state index contributed by atoms with van der Waals surface area (Å²) in [4.78, 5) is 5.07. The predicted octanol–water partition coefficient (Wildman–Crippen LogP) is 8.51. The van der Waals surface area contributed by atoms with Crippen LogP contribution < -0.4 is 0 Å². The zero-order valence-electron chi connectivity index (χ0n) is 19.3. The summed E-state index contributed by atoms with van der Waals surface area (Å²) in [6, 6.07) is 14.0. The van der Waals surface area contributed by atoms with Crippen LogP contribution in [-0.2, 0) is 12.8 Å². The molecule has 1 atom stereocenters. The van der Waals surface area contributed by atoms with E-state index >= 15 is 0 Å². The normalized spacial score (nSPS) is 23.9. The van der Waals surface area contributed by atoms with Gasteiger partial charge < -0.3 is 0 Å². The minimum absolute atomic E-state index is 0.772. The van der Waals surface area contributed by atoms with Crippen LogP contribution >= 0.6 is 0 Å². The fourth-order valence-corrected chi connectivity index (χ4v) is 5.90. The summed E-state index contributed by atoms with van der Waals surface area (Å²) in [6.45, 7) is 4.61. The molecule has 0 aliphatic heterocycles. The first kappa shape index (κ1) is 21.6. The minimum Gasteiger partial charge on any atom is -0.253 e. The van der Waals surface area contributed by atoms with Crippen LogP contribution in [0.15, 0.2) is 36.4 Å². The SMILES string of the molecule is CCCCCC1CCC(c2ccc(-c3ccc4c(n3)CCC(CCC)C4)cc2)CC1. The van der Waals surface area contributed by atoms with Crippen molar-refractivity contribution in [3.8, 4) is 11.3 Å². The molecule has 30 heavy (non-hydrogen) atoms. The molecule has 0 radical (unpaired) electrons. The molecule has 162 valence electrons. The smallest absolute Gasteiger partial charge is 0.0705 e. The van der Waals surface area contributed by atoms with Gasteiger partial charge in [-0.25, -0.2) is 0 Å². The zero-order chi connectivity index (χ0) is 20.8. The zero-order valence-corrected chi connectivity index (χ0v) is 19.3. The maximum absolute atomic E-state index is 5.07. The van der Waals surface area contributed by atoms with Gasteiger partial charge in [0.2, 0.25) is 0 Å². The van der Waals surface area contributed by atoms with Gasteiger partial charge in [-0.05, 0) is 79.9 Å². The van der Waals surface area contributed by atoms with Gasteiger partial charge in [-0.1, -0.05) is 82.7 Å². The highest BCUT2D eigenvalue weighted by Gasteiger charge is 2.22. The highest BCUT2D eigenvalue weighted by molar-refractivity contribution is 5.60. The molecular weight excluding hydrogens is 362 g/mol. The van der Waals surface area contributed by atoms with Gasteiger partial charge in [0, 0.05) is 11.3 Å². The third-order valence-corrected chi connectivity index (χ3v) is 7.80. The Labute approximate surface area is 184 Å². The summed E-state index contributed by atoms with van der Waals surface area (Å²) in [5.41, 5.74) is 6.84. The van der Waals surface area contributed by atoms with E-state index in [1.807, 2.05) is 0 Å². The van der Waals surface area contributed by atoms with Crippen LogP contribution in [-0.4, -0.2) is 4.98 Å². The third kappa shape index (κ3) is 5.34. The number of fused-ring (bicyclic) bond motifs is 1. The number of pyridine rings is 1. The molecule has 1 fully saturated rings. The average molecular weight is 404 g/mol. The summed E-state index contributed by atoms with van der Waals surface area (Å²) in [6.07, 6.45) is 17.7. The molecule has 0 saturated heterocycles. The lowest BCUT2D eigenvalue weighted by Gasteiger charge is -2.29. The van der Waals surface area contributed by atoms with E-state index in [4.69, 9.17) is 4.98 Å². The number of rotatable bonds is 8. The van der Waals surface area contributed by atoms with Crippen molar-refractivity contribution < 1.29 is 0 Å². The van der Waals surface area contributed by atoms with Gasteiger partial charge in [0.1, 0.15) is 0 Å². The van der Waals surface area contributed by atoms with Gasteiger partial charge >= 0.3 is 0 Å². The summed E-state index contributed by atoms with van der Waals surface area (Å²) in [7, 11) is 0. The fraction of sp³-hybridized carbons (Fsp3) is 0.621. The van der Waals surface area contributed by atoms with Crippen molar-refractivity contribution in [2.45, 2.75) is 103 Å². The Kier molecular flexibility index (Phi) is 7.63. The van der Waals surface area contributed by atoms with E-state index < -0.39 is 0 Å². The number of hydrogen-bond acceptors (Lipinski definition) is 1. The molecule has 2 aliphatic carbocycles. The van der Waals surface area contributed by atoms with Gasteiger partial charge in [0.05, 0.1) is 5.69 Å². The predicted molar refractivity (Wildman–Crippen MR) is 129 cm³/mol. The summed E-state index contributed by atoms with van der Waals surface area (Å²) < 4.78 is 0. The van der Waals surface area contributed by atoms with E-state index in [0.717, 1.165) is 29.9 Å². The van der Waals surface area contributed by atoms with Crippen LogP contribution in [0.4, 0.5) is 0 Å². The number of aryl methyl sites for hydroxylation is 1. The molecule has 1 aromatic heterocycles. The fourth-order valence-electron chi connectivity index (χ4n) is 5.90. The maximum Gasteiger partial charge on any atom is 0.0705 e. The Bertz CT molecular complexity index is 783. The van der Waals surface area contributed by atoms with Crippen molar-refractivity contribution in [3.63, 3.8) is 0 Å². The Morgan fingerprint density at radius 1 is 0.767 bits per heavy atom. The first-order chi connectivity index (χ1) is 14.8. The monoisotopic (exact) mass is 403 g/mol. The number of nitrogens with zero attached hydrogens (tertiary/aromatic N) is 1. The lowest BCUT2D eigenvalue weighted by Crippen LogP contribution is -2.15. The second-order valence-electron chi connectivity index (χ2n) is 10.0. The lowest BCUT2D eigenvalue weighted by molar-refractivity contribution is 0.303. The Morgan fingerprint density at radius 3 is 2.30 bits per heavy atom. The van der Waals surface area contributed by atoms with Gasteiger partial charge in [-0.15, -0.1) is 0 Å². The number of hydrogen-bond donors (Lipinski definition) is 0. The molecule has 0 bridgehead atoms. The first-order valence-corrected chi connectivity index (χ1v) is 12.9. The Morgan fingerprint density at radius 2 is 1.57 bits per heavy atom. The molecule has 1 aromatic carbocycles.